The number of halogens is 1. The fourth-order valence-electron chi connectivity index (χ4n) is 2.42. The SMILES string of the molecule is CC1CCN(S(=O)(=O)c2cc(C(=O)O)ccc2F)CC1C. The molecule has 0 bridgehead atoms. The number of hydrogen-bond acceptors (Lipinski definition) is 3. The highest BCUT2D eigenvalue weighted by atomic mass is 32.2. The number of aromatic carboxylic acids is 1. The molecule has 1 saturated heterocycles. The van der Waals surface area contributed by atoms with Crippen molar-refractivity contribution in [1.29, 1.82) is 0 Å². The molecular formula is C14H18FNO4S. The van der Waals surface area contributed by atoms with Crippen LogP contribution in [0.1, 0.15) is 30.6 Å². The van der Waals surface area contributed by atoms with Gasteiger partial charge in [0.25, 0.3) is 0 Å². The number of sulfonamides is 1. The Hall–Kier alpha value is -1.47. The number of piperidine rings is 1. The van der Waals surface area contributed by atoms with E-state index >= 15 is 0 Å². The van der Waals surface area contributed by atoms with Gasteiger partial charge in [-0.05, 0) is 36.5 Å². The van der Waals surface area contributed by atoms with Crippen molar-refractivity contribution in [3.63, 3.8) is 0 Å². The van der Waals surface area contributed by atoms with Gasteiger partial charge in [-0.2, -0.15) is 4.31 Å². The molecule has 7 heteroatoms. The maximum atomic E-state index is 13.9. The van der Waals surface area contributed by atoms with E-state index in [1.165, 1.54) is 4.31 Å². The van der Waals surface area contributed by atoms with E-state index in [2.05, 4.69) is 6.92 Å². The average molecular weight is 315 g/mol. The van der Waals surface area contributed by atoms with E-state index in [1.54, 1.807) is 0 Å². The molecule has 0 saturated carbocycles. The van der Waals surface area contributed by atoms with E-state index in [1.807, 2.05) is 6.92 Å². The third-order valence-electron chi connectivity index (χ3n) is 4.09. The largest absolute Gasteiger partial charge is 0.478 e. The van der Waals surface area contributed by atoms with Gasteiger partial charge in [0.05, 0.1) is 5.56 Å². The molecule has 0 amide bonds. The summed E-state index contributed by atoms with van der Waals surface area (Å²) in [4.78, 5) is 10.4. The van der Waals surface area contributed by atoms with Gasteiger partial charge in [-0.15, -0.1) is 0 Å². The van der Waals surface area contributed by atoms with E-state index in [0.717, 1.165) is 18.2 Å². The zero-order valence-electron chi connectivity index (χ0n) is 11.9. The normalized spacial score (nSPS) is 24.0. The third-order valence-corrected chi connectivity index (χ3v) is 5.97. The highest BCUT2D eigenvalue weighted by molar-refractivity contribution is 7.89. The van der Waals surface area contributed by atoms with Crippen LogP contribution in [0, 0.1) is 17.7 Å². The first-order valence-electron chi connectivity index (χ1n) is 6.76. The molecule has 2 unspecified atom stereocenters. The first kappa shape index (κ1) is 15.9. The lowest BCUT2D eigenvalue weighted by molar-refractivity contribution is 0.0696. The molecule has 1 aromatic rings. The van der Waals surface area contributed by atoms with Gasteiger partial charge in [0.1, 0.15) is 10.7 Å². The Bertz CT molecular complexity index is 659. The average Bonchev–Trinajstić information content (AvgIpc) is 2.41. The second kappa shape index (κ2) is 5.73. The van der Waals surface area contributed by atoms with E-state index in [-0.39, 0.29) is 11.5 Å². The van der Waals surface area contributed by atoms with Crippen molar-refractivity contribution in [3.05, 3.63) is 29.6 Å². The molecule has 0 aliphatic carbocycles. The second-order valence-electron chi connectivity index (χ2n) is 5.56. The lowest BCUT2D eigenvalue weighted by atomic mass is 9.90. The number of rotatable bonds is 3. The number of carboxylic acid groups (broad SMARTS) is 1. The van der Waals surface area contributed by atoms with Crippen LogP contribution in [0.15, 0.2) is 23.1 Å². The van der Waals surface area contributed by atoms with Gasteiger partial charge >= 0.3 is 5.97 Å². The first-order chi connectivity index (χ1) is 9.73. The Morgan fingerprint density at radius 2 is 2.00 bits per heavy atom. The molecule has 1 heterocycles. The molecule has 1 fully saturated rings. The third kappa shape index (κ3) is 3.08. The number of carbonyl (C=O) groups is 1. The lowest BCUT2D eigenvalue weighted by Gasteiger charge is -2.34. The van der Waals surface area contributed by atoms with Crippen LogP contribution < -0.4 is 0 Å². The second-order valence-corrected chi connectivity index (χ2v) is 7.46. The Morgan fingerprint density at radius 1 is 1.33 bits per heavy atom. The summed E-state index contributed by atoms with van der Waals surface area (Å²) in [5.41, 5.74) is -0.242. The molecule has 1 N–H and O–H groups in total. The summed E-state index contributed by atoms with van der Waals surface area (Å²) in [5.74, 6) is -1.62. The quantitative estimate of drug-likeness (QED) is 0.928. The Labute approximate surface area is 123 Å². The van der Waals surface area contributed by atoms with E-state index in [4.69, 9.17) is 5.11 Å². The van der Waals surface area contributed by atoms with Gasteiger partial charge in [-0.3, -0.25) is 0 Å². The van der Waals surface area contributed by atoms with Crippen molar-refractivity contribution in [2.24, 2.45) is 11.8 Å². The molecule has 0 radical (unpaired) electrons. The predicted octanol–water partition coefficient (Wildman–Crippen LogP) is 2.19. The van der Waals surface area contributed by atoms with Gasteiger partial charge in [0.2, 0.25) is 10.0 Å². The van der Waals surface area contributed by atoms with E-state index in [0.29, 0.717) is 25.4 Å². The van der Waals surface area contributed by atoms with Gasteiger partial charge in [-0.1, -0.05) is 13.8 Å². The zero-order valence-corrected chi connectivity index (χ0v) is 12.7. The van der Waals surface area contributed by atoms with Crippen LogP contribution in [0.5, 0.6) is 0 Å². The van der Waals surface area contributed by atoms with Crippen LogP contribution in [0.3, 0.4) is 0 Å². The van der Waals surface area contributed by atoms with Gasteiger partial charge in [0.15, 0.2) is 0 Å². The summed E-state index contributed by atoms with van der Waals surface area (Å²) in [7, 11) is -4.01. The van der Waals surface area contributed by atoms with Crippen molar-refractivity contribution < 1.29 is 22.7 Å². The highest BCUT2D eigenvalue weighted by Crippen LogP contribution is 2.28. The summed E-state index contributed by atoms with van der Waals surface area (Å²) in [6.45, 7) is 4.65. The zero-order chi connectivity index (χ0) is 15.8. The van der Waals surface area contributed by atoms with Crippen LogP contribution in [-0.4, -0.2) is 36.9 Å². The molecule has 21 heavy (non-hydrogen) atoms. The van der Waals surface area contributed by atoms with Crippen molar-refractivity contribution in [3.8, 4) is 0 Å². The summed E-state index contributed by atoms with van der Waals surface area (Å²) >= 11 is 0. The van der Waals surface area contributed by atoms with Crippen LogP contribution in [0.4, 0.5) is 4.39 Å². The number of benzene rings is 1. The van der Waals surface area contributed by atoms with E-state index < -0.39 is 26.7 Å². The molecule has 1 aromatic carbocycles. The Kier molecular flexibility index (Phi) is 4.34. The highest BCUT2D eigenvalue weighted by Gasteiger charge is 2.33. The number of nitrogens with zero attached hydrogens (tertiary/aromatic N) is 1. The number of carboxylic acids is 1. The van der Waals surface area contributed by atoms with Gasteiger partial charge < -0.3 is 5.11 Å². The van der Waals surface area contributed by atoms with Crippen LogP contribution in [-0.2, 0) is 10.0 Å². The smallest absolute Gasteiger partial charge is 0.335 e. The fourth-order valence-corrected chi connectivity index (χ4v) is 4.06. The van der Waals surface area contributed by atoms with E-state index in [9.17, 15) is 17.6 Å². The maximum absolute atomic E-state index is 13.9. The molecule has 2 rings (SSSR count). The standard InChI is InChI=1S/C14H18FNO4S/c1-9-5-6-16(8-10(9)2)21(19,20)13-7-11(14(17)18)3-4-12(13)15/h3-4,7,9-10H,5-6,8H2,1-2H3,(H,17,18). The van der Waals surface area contributed by atoms with Crippen molar-refractivity contribution in [1.82, 2.24) is 4.31 Å². The minimum absolute atomic E-state index is 0.180. The van der Waals surface area contributed by atoms with Crippen molar-refractivity contribution in [2.45, 2.75) is 25.2 Å². The first-order valence-corrected chi connectivity index (χ1v) is 8.20. The molecule has 1 aliphatic rings. The van der Waals surface area contributed by atoms with Crippen molar-refractivity contribution >= 4 is 16.0 Å². The molecule has 0 aromatic heterocycles. The molecule has 116 valence electrons. The summed E-state index contributed by atoms with van der Waals surface area (Å²) < 4.78 is 40.2. The lowest BCUT2D eigenvalue weighted by Crippen LogP contribution is -2.42. The maximum Gasteiger partial charge on any atom is 0.335 e. The Morgan fingerprint density at radius 3 is 2.57 bits per heavy atom. The van der Waals surface area contributed by atoms with Crippen molar-refractivity contribution in [2.75, 3.05) is 13.1 Å². The summed E-state index contributed by atoms with van der Waals surface area (Å²) in [6.07, 6.45) is 0.709. The van der Waals surface area contributed by atoms with Crippen LogP contribution in [0.25, 0.3) is 0 Å². The van der Waals surface area contributed by atoms with Crippen LogP contribution in [0.2, 0.25) is 0 Å². The Balaban J connectivity index is 2.40. The minimum atomic E-state index is -4.01. The topological polar surface area (TPSA) is 74.7 Å². The fraction of sp³-hybridized carbons (Fsp3) is 0.500. The van der Waals surface area contributed by atoms with Crippen LogP contribution >= 0.6 is 0 Å². The van der Waals surface area contributed by atoms with Gasteiger partial charge in [0, 0.05) is 13.1 Å². The molecule has 0 spiro atoms. The molecule has 1 aliphatic heterocycles. The minimum Gasteiger partial charge on any atom is -0.478 e. The number of hydrogen-bond donors (Lipinski definition) is 1. The summed E-state index contributed by atoms with van der Waals surface area (Å²) in [5, 5.41) is 8.92. The molecule has 5 nitrogen and oxygen atoms in total. The molecular weight excluding hydrogens is 297 g/mol. The summed E-state index contributed by atoms with van der Waals surface area (Å²) in [6, 6.07) is 2.82. The predicted molar refractivity (Wildman–Crippen MR) is 75.1 cm³/mol. The monoisotopic (exact) mass is 315 g/mol. The molecule has 2 atom stereocenters. The van der Waals surface area contributed by atoms with Gasteiger partial charge in [-0.25, -0.2) is 17.6 Å².